The molecule has 0 bridgehead atoms. The molecule has 2 aromatic carbocycles. The monoisotopic (exact) mass is 397 g/mol. The largest absolute Gasteiger partial charge is 0.383 e. The van der Waals surface area contributed by atoms with Crippen molar-refractivity contribution in [2.45, 2.75) is 12.6 Å². The molecule has 1 saturated heterocycles. The quantitative estimate of drug-likeness (QED) is 0.643. The molecule has 8 heteroatoms. The summed E-state index contributed by atoms with van der Waals surface area (Å²) in [4.78, 5) is 3.72. The standard InChI is InChI=1S/C21H25FN6O/c1-29-16-15-28-21(23-24-25-28)20(17-5-3-2-4-6-17)27-13-11-26(12-14-27)19-9-7-18(22)8-10-19/h2-10,20H,11-16H2,1H3/p+1/t20-/m0/s1. The predicted molar refractivity (Wildman–Crippen MR) is 107 cm³/mol. The van der Waals surface area contributed by atoms with Crippen LogP contribution < -0.4 is 9.80 Å². The van der Waals surface area contributed by atoms with Gasteiger partial charge in [0.2, 0.25) is 5.82 Å². The van der Waals surface area contributed by atoms with Gasteiger partial charge in [-0.25, -0.2) is 9.07 Å². The summed E-state index contributed by atoms with van der Waals surface area (Å²) in [6.45, 7) is 4.85. The Labute approximate surface area is 169 Å². The number of methoxy groups -OCH3 is 1. The van der Waals surface area contributed by atoms with Gasteiger partial charge in [0.05, 0.1) is 39.3 Å². The van der Waals surface area contributed by atoms with Crippen LogP contribution in [0.25, 0.3) is 0 Å². The maximum Gasteiger partial charge on any atom is 0.214 e. The minimum atomic E-state index is -0.204. The first-order valence-corrected chi connectivity index (χ1v) is 9.91. The van der Waals surface area contributed by atoms with E-state index in [1.807, 2.05) is 22.9 Å². The summed E-state index contributed by atoms with van der Waals surface area (Å²) in [5, 5.41) is 12.5. The molecule has 1 fully saturated rings. The van der Waals surface area contributed by atoms with E-state index in [2.05, 4.69) is 44.7 Å². The molecule has 1 aliphatic rings. The first-order chi connectivity index (χ1) is 14.3. The van der Waals surface area contributed by atoms with E-state index >= 15 is 0 Å². The van der Waals surface area contributed by atoms with Crippen molar-refractivity contribution in [2.75, 3.05) is 44.8 Å². The Balaban J connectivity index is 1.55. The molecule has 0 radical (unpaired) electrons. The Morgan fingerprint density at radius 2 is 1.79 bits per heavy atom. The molecular formula is C21H26FN6O+. The molecule has 2 heterocycles. The maximum atomic E-state index is 13.2. The number of hydrogen-bond acceptors (Lipinski definition) is 5. The van der Waals surface area contributed by atoms with E-state index in [0.717, 1.165) is 37.7 Å². The van der Waals surface area contributed by atoms with Crippen molar-refractivity contribution in [2.24, 2.45) is 0 Å². The van der Waals surface area contributed by atoms with E-state index in [1.54, 1.807) is 7.11 Å². The van der Waals surface area contributed by atoms with Crippen molar-refractivity contribution in [1.29, 1.82) is 0 Å². The van der Waals surface area contributed by atoms with Crippen LogP contribution in [0.3, 0.4) is 0 Å². The van der Waals surface area contributed by atoms with Crippen molar-refractivity contribution in [3.05, 3.63) is 71.8 Å². The molecule has 1 N–H and O–H groups in total. The van der Waals surface area contributed by atoms with Gasteiger partial charge in [0.15, 0.2) is 6.04 Å². The molecule has 1 atom stereocenters. The second kappa shape index (κ2) is 9.11. The molecule has 0 saturated carbocycles. The number of ether oxygens (including phenoxy) is 1. The minimum absolute atomic E-state index is 0.0541. The summed E-state index contributed by atoms with van der Waals surface area (Å²) in [7, 11) is 1.68. The number of nitrogens with zero attached hydrogens (tertiary/aromatic N) is 5. The summed E-state index contributed by atoms with van der Waals surface area (Å²) >= 11 is 0. The van der Waals surface area contributed by atoms with Crippen molar-refractivity contribution in [3.8, 4) is 0 Å². The molecule has 1 aromatic heterocycles. The van der Waals surface area contributed by atoms with Crippen molar-refractivity contribution in [1.82, 2.24) is 20.2 Å². The molecule has 0 amide bonds. The fourth-order valence-corrected chi connectivity index (χ4v) is 3.96. The molecule has 1 aliphatic heterocycles. The first kappa shape index (κ1) is 19.5. The van der Waals surface area contributed by atoms with Gasteiger partial charge < -0.3 is 14.5 Å². The number of halogens is 1. The van der Waals surface area contributed by atoms with E-state index in [4.69, 9.17) is 4.74 Å². The lowest BCUT2D eigenvalue weighted by Gasteiger charge is -2.37. The van der Waals surface area contributed by atoms with Gasteiger partial charge in [-0.2, -0.15) is 0 Å². The molecule has 29 heavy (non-hydrogen) atoms. The summed E-state index contributed by atoms with van der Waals surface area (Å²) < 4.78 is 20.3. The first-order valence-electron chi connectivity index (χ1n) is 9.91. The van der Waals surface area contributed by atoms with Gasteiger partial charge in [0.1, 0.15) is 5.82 Å². The Bertz CT molecular complexity index is 893. The van der Waals surface area contributed by atoms with Gasteiger partial charge in [-0.3, -0.25) is 0 Å². The second-order valence-electron chi connectivity index (χ2n) is 7.22. The lowest BCUT2D eigenvalue weighted by atomic mass is 10.0. The third kappa shape index (κ3) is 4.44. The fourth-order valence-electron chi connectivity index (χ4n) is 3.96. The highest BCUT2D eigenvalue weighted by molar-refractivity contribution is 5.46. The van der Waals surface area contributed by atoms with E-state index in [-0.39, 0.29) is 11.9 Å². The number of nitrogens with one attached hydrogen (secondary N) is 1. The Hall–Kier alpha value is -2.84. The van der Waals surface area contributed by atoms with Gasteiger partial charge >= 0.3 is 0 Å². The summed E-state index contributed by atoms with van der Waals surface area (Å²) in [5.41, 5.74) is 2.26. The molecular weight excluding hydrogens is 371 g/mol. The topological polar surface area (TPSA) is 60.5 Å². The number of anilines is 1. The van der Waals surface area contributed by atoms with Crippen LogP contribution in [-0.4, -0.2) is 60.1 Å². The van der Waals surface area contributed by atoms with E-state index < -0.39 is 0 Å². The highest BCUT2D eigenvalue weighted by Crippen LogP contribution is 2.19. The predicted octanol–water partition coefficient (Wildman–Crippen LogP) is 0.953. The highest BCUT2D eigenvalue weighted by atomic mass is 19.1. The number of rotatable bonds is 7. The third-order valence-electron chi connectivity index (χ3n) is 5.46. The zero-order chi connectivity index (χ0) is 20.1. The molecule has 3 aromatic rings. The van der Waals surface area contributed by atoms with Crippen molar-refractivity contribution < 1.29 is 14.0 Å². The Morgan fingerprint density at radius 3 is 2.48 bits per heavy atom. The smallest absolute Gasteiger partial charge is 0.214 e. The van der Waals surface area contributed by atoms with Crippen LogP contribution in [0.4, 0.5) is 10.1 Å². The van der Waals surface area contributed by atoms with E-state index in [9.17, 15) is 4.39 Å². The minimum Gasteiger partial charge on any atom is -0.383 e. The van der Waals surface area contributed by atoms with Gasteiger partial charge in [0.25, 0.3) is 0 Å². The second-order valence-corrected chi connectivity index (χ2v) is 7.22. The molecule has 7 nitrogen and oxygen atoms in total. The number of quaternary nitrogens is 1. The Kier molecular flexibility index (Phi) is 6.12. The Morgan fingerprint density at radius 1 is 1.07 bits per heavy atom. The zero-order valence-electron chi connectivity index (χ0n) is 16.5. The van der Waals surface area contributed by atoms with Crippen LogP contribution in [0, 0.1) is 5.82 Å². The van der Waals surface area contributed by atoms with E-state index in [1.165, 1.54) is 22.6 Å². The average Bonchev–Trinajstić information content (AvgIpc) is 3.22. The van der Waals surface area contributed by atoms with Crippen LogP contribution in [0.1, 0.15) is 17.4 Å². The van der Waals surface area contributed by atoms with E-state index in [0.29, 0.717) is 13.2 Å². The lowest BCUT2D eigenvalue weighted by Crippen LogP contribution is -3.15. The fraction of sp³-hybridized carbons (Fsp3) is 0.381. The summed E-state index contributed by atoms with van der Waals surface area (Å²) in [6.07, 6.45) is 0. The summed E-state index contributed by atoms with van der Waals surface area (Å²) in [6, 6.07) is 17.2. The van der Waals surface area contributed by atoms with Crippen LogP contribution in [0.5, 0.6) is 0 Å². The molecule has 0 unspecified atom stereocenters. The molecule has 4 rings (SSSR count). The molecule has 152 valence electrons. The SMILES string of the molecule is COCCn1nnnc1[C@H](c1ccccc1)[NH+]1CCN(c2ccc(F)cc2)CC1. The van der Waals surface area contributed by atoms with Gasteiger partial charge in [-0.15, -0.1) is 5.10 Å². The van der Waals surface area contributed by atoms with Crippen LogP contribution in [-0.2, 0) is 11.3 Å². The molecule has 0 spiro atoms. The molecule has 0 aliphatic carbocycles. The van der Waals surface area contributed by atoms with Gasteiger partial charge in [-0.1, -0.05) is 30.3 Å². The number of tetrazole rings is 1. The van der Waals surface area contributed by atoms with Crippen LogP contribution in [0.15, 0.2) is 54.6 Å². The number of benzene rings is 2. The number of aromatic nitrogens is 4. The average molecular weight is 397 g/mol. The number of hydrogen-bond donors (Lipinski definition) is 1. The van der Waals surface area contributed by atoms with Gasteiger partial charge in [-0.05, 0) is 34.7 Å². The van der Waals surface area contributed by atoms with Crippen molar-refractivity contribution in [3.63, 3.8) is 0 Å². The van der Waals surface area contributed by atoms with Crippen LogP contribution in [0.2, 0.25) is 0 Å². The van der Waals surface area contributed by atoms with Crippen molar-refractivity contribution >= 4 is 5.69 Å². The normalized spacial score (nSPS) is 16.1. The summed E-state index contributed by atoms with van der Waals surface area (Å²) in [5.74, 6) is 0.656. The zero-order valence-corrected chi connectivity index (χ0v) is 16.5. The highest BCUT2D eigenvalue weighted by Gasteiger charge is 2.34. The lowest BCUT2D eigenvalue weighted by molar-refractivity contribution is -0.927. The van der Waals surface area contributed by atoms with Gasteiger partial charge in [0, 0.05) is 18.4 Å². The maximum absolute atomic E-state index is 13.2. The van der Waals surface area contributed by atoms with Crippen LogP contribution >= 0.6 is 0 Å². The number of piperazine rings is 1. The third-order valence-corrected chi connectivity index (χ3v) is 5.46.